The van der Waals surface area contributed by atoms with Gasteiger partial charge in [0.25, 0.3) is 5.91 Å². The van der Waals surface area contributed by atoms with Crippen LogP contribution >= 0.6 is 34.2 Å². The molecule has 0 saturated heterocycles. The van der Waals surface area contributed by atoms with Crippen molar-refractivity contribution in [1.29, 1.82) is 0 Å². The summed E-state index contributed by atoms with van der Waals surface area (Å²) in [5, 5.41) is 4.16. The van der Waals surface area contributed by atoms with Gasteiger partial charge < -0.3 is 5.32 Å². The molecule has 3 aromatic rings. The van der Waals surface area contributed by atoms with Crippen molar-refractivity contribution < 1.29 is 4.79 Å². The Morgan fingerprint density at radius 1 is 1.00 bits per heavy atom. The topological polar surface area (TPSA) is 32.3 Å². The van der Waals surface area contributed by atoms with Crippen molar-refractivity contribution in [2.75, 3.05) is 14.6 Å². The van der Waals surface area contributed by atoms with Gasteiger partial charge in [0, 0.05) is 20.8 Å². The number of carbonyl (C=O) groups excluding carboxylic acids is 1. The molecule has 3 aromatic carbocycles. The second kappa shape index (κ2) is 7.90. The number of carbonyl (C=O) groups is 1. The summed E-state index contributed by atoms with van der Waals surface area (Å²) < 4.78 is 1.07. The van der Waals surface area contributed by atoms with E-state index in [0.29, 0.717) is 10.6 Å². The van der Waals surface area contributed by atoms with Crippen LogP contribution in [-0.2, 0) is 6.42 Å². The van der Waals surface area contributed by atoms with E-state index in [1.165, 1.54) is 5.56 Å². The standard InChI is InChI=1S/C22H18ClIN2O/c23-17-5-3-4-16(14-17)21-25-20-7-2-1-6-19(20)22(27)26(21)18-10-8-15(9-11-18)12-13-24/h1-11,14,21,25H,12-13H2. The summed E-state index contributed by atoms with van der Waals surface area (Å²) in [4.78, 5) is 15.2. The van der Waals surface area contributed by atoms with Crippen LogP contribution in [0.3, 0.4) is 0 Å². The van der Waals surface area contributed by atoms with E-state index in [0.717, 1.165) is 27.8 Å². The average Bonchev–Trinajstić information content (AvgIpc) is 2.69. The first kappa shape index (κ1) is 18.3. The highest BCUT2D eigenvalue weighted by Gasteiger charge is 2.34. The third-order valence-electron chi connectivity index (χ3n) is 4.69. The van der Waals surface area contributed by atoms with Crippen LogP contribution < -0.4 is 10.2 Å². The Bertz CT molecular complexity index is 974. The Balaban J connectivity index is 1.80. The van der Waals surface area contributed by atoms with E-state index < -0.39 is 0 Å². The molecular weight excluding hydrogens is 471 g/mol. The number of rotatable bonds is 4. The normalized spacial score (nSPS) is 16.0. The molecule has 1 N–H and O–H groups in total. The summed E-state index contributed by atoms with van der Waals surface area (Å²) in [5.74, 6) is -0.0176. The number of halogens is 2. The highest BCUT2D eigenvalue weighted by Crippen LogP contribution is 2.37. The van der Waals surface area contributed by atoms with Crippen molar-refractivity contribution in [2.45, 2.75) is 12.6 Å². The first-order valence-corrected chi connectivity index (χ1v) is 10.7. The Morgan fingerprint density at radius 2 is 1.78 bits per heavy atom. The largest absolute Gasteiger partial charge is 0.360 e. The summed E-state index contributed by atoms with van der Waals surface area (Å²) in [6.07, 6.45) is 0.703. The number of amides is 1. The van der Waals surface area contributed by atoms with Gasteiger partial charge in [-0.3, -0.25) is 9.69 Å². The molecule has 0 saturated carbocycles. The summed E-state index contributed by atoms with van der Waals surface area (Å²) in [7, 11) is 0. The van der Waals surface area contributed by atoms with Crippen LogP contribution in [0.15, 0.2) is 72.8 Å². The van der Waals surface area contributed by atoms with E-state index in [1.54, 1.807) is 0 Å². The Labute approximate surface area is 177 Å². The molecule has 0 aromatic heterocycles. The van der Waals surface area contributed by atoms with Gasteiger partial charge in [0.15, 0.2) is 0 Å². The molecule has 1 amide bonds. The lowest BCUT2D eigenvalue weighted by atomic mass is 10.0. The van der Waals surface area contributed by atoms with E-state index in [-0.39, 0.29) is 12.1 Å². The second-order valence-electron chi connectivity index (χ2n) is 6.43. The number of nitrogens with one attached hydrogen (secondary N) is 1. The van der Waals surface area contributed by atoms with Gasteiger partial charge >= 0.3 is 0 Å². The predicted octanol–water partition coefficient (Wildman–Crippen LogP) is 6.09. The molecule has 136 valence electrons. The number of hydrogen-bond acceptors (Lipinski definition) is 2. The van der Waals surface area contributed by atoms with Crippen LogP contribution in [0.5, 0.6) is 0 Å². The third-order valence-corrected chi connectivity index (χ3v) is 5.46. The molecule has 1 unspecified atom stereocenters. The molecule has 1 atom stereocenters. The highest BCUT2D eigenvalue weighted by atomic mass is 127. The molecule has 27 heavy (non-hydrogen) atoms. The quantitative estimate of drug-likeness (QED) is 0.356. The molecule has 0 bridgehead atoms. The van der Waals surface area contributed by atoms with Crippen LogP contribution in [0.25, 0.3) is 0 Å². The van der Waals surface area contributed by atoms with Crippen molar-refractivity contribution in [3.8, 4) is 0 Å². The third kappa shape index (κ3) is 3.69. The lowest BCUT2D eigenvalue weighted by molar-refractivity contribution is 0.0975. The van der Waals surface area contributed by atoms with Gasteiger partial charge in [-0.2, -0.15) is 0 Å². The number of nitrogens with zero attached hydrogens (tertiary/aromatic N) is 1. The van der Waals surface area contributed by atoms with Crippen LogP contribution in [-0.4, -0.2) is 10.3 Å². The summed E-state index contributed by atoms with van der Waals surface area (Å²) in [5.41, 5.74) is 4.59. The number of aryl methyl sites for hydroxylation is 1. The van der Waals surface area contributed by atoms with Crippen LogP contribution in [0.4, 0.5) is 11.4 Å². The molecular formula is C22H18ClIN2O. The van der Waals surface area contributed by atoms with Gasteiger partial charge in [0.05, 0.1) is 5.56 Å². The van der Waals surface area contributed by atoms with E-state index in [2.05, 4.69) is 40.0 Å². The first-order valence-electron chi connectivity index (χ1n) is 8.77. The smallest absolute Gasteiger partial charge is 0.262 e. The van der Waals surface area contributed by atoms with E-state index in [4.69, 9.17) is 11.6 Å². The lowest BCUT2D eigenvalue weighted by Crippen LogP contribution is -2.43. The molecule has 0 spiro atoms. The summed E-state index contributed by atoms with van der Waals surface area (Å²) in [6.45, 7) is 0. The predicted molar refractivity (Wildman–Crippen MR) is 120 cm³/mol. The van der Waals surface area contributed by atoms with Gasteiger partial charge in [0.1, 0.15) is 6.17 Å². The Morgan fingerprint density at radius 3 is 2.52 bits per heavy atom. The molecule has 5 heteroatoms. The molecule has 4 rings (SSSR count). The first-order chi connectivity index (χ1) is 13.2. The minimum Gasteiger partial charge on any atom is -0.360 e. The van der Waals surface area contributed by atoms with Gasteiger partial charge in [-0.25, -0.2) is 0 Å². The lowest BCUT2D eigenvalue weighted by Gasteiger charge is -2.38. The van der Waals surface area contributed by atoms with Crippen molar-refractivity contribution in [1.82, 2.24) is 0 Å². The van der Waals surface area contributed by atoms with Crippen LogP contribution in [0.2, 0.25) is 5.02 Å². The number of alkyl halides is 1. The SMILES string of the molecule is O=C1c2ccccc2NC(c2cccc(Cl)c2)N1c1ccc(CCI)cc1. The Kier molecular flexibility index (Phi) is 5.36. The fourth-order valence-corrected chi connectivity index (χ4v) is 4.18. The van der Waals surface area contributed by atoms with Gasteiger partial charge in [0.2, 0.25) is 0 Å². The molecule has 3 nitrogen and oxygen atoms in total. The molecule has 0 aliphatic carbocycles. The molecule has 0 radical (unpaired) electrons. The maximum atomic E-state index is 13.3. The minimum absolute atomic E-state index is 0.0176. The maximum Gasteiger partial charge on any atom is 0.262 e. The number of anilines is 2. The van der Waals surface area contributed by atoms with E-state index in [1.807, 2.05) is 65.6 Å². The molecule has 1 heterocycles. The minimum atomic E-state index is -0.318. The maximum absolute atomic E-state index is 13.3. The highest BCUT2D eigenvalue weighted by molar-refractivity contribution is 14.1. The van der Waals surface area contributed by atoms with Crippen LogP contribution in [0, 0.1) is 0 Å². The number of fused-ring (bicyclic) bond motifs is 1. The monoisotopic (exact) mass is 488 g/mol. The van der Waals surface area contributed by atoms with Crippen molar-refractivity contribution >= 4 is 51.5 Å². The number of hydrogen-bond donors (Lipinski definition) is 1. The van der Waals surface area contributed by atoms with Crippen molar-refractivity contribution in [3.63, 3.8) is 0 Å². The summed E-state index contributed by atoms with van der Waals surface area (Å²) in [6, 6.07) is 23.5. The molecule has 1 aliphatic rings. The van der Waals surface area contributed by atoms with Gasteiger partial charge in [-0.1, -0.05) is 70.6 Å². The fourth-order valence-electron chi connectivity index (χ4n) is 3.36. The number of para-hydroxylation sites is 1. The Hall–Kier alpha value is -2.05. The zero-order valence-corrected chi connectivity index (χ0v) is 17.4. The van der Waals surface area contributed by atoms with Crippen molar-refractivity contribution in [3.05, 3.63) is 94.5 Å². The van der Waals surface area contributed by atoms with E-state index in [9.17, 15) is 4.79 Å². The summed E-state index contributed by atoms with van der Waals surface area (Å²) >= 11 is 8.59. The zero-order valence-electron chi connectivity index (χ0n) is 14.5. The number of benzene rings is 3. The molecule has 0 fully saturated rings. The van der Waals surface area contributed by atoms with Crippen LogP contribution in [0.1, 0.15) is 27.7 Å². The van der Waals surface area contributed by atoms with Crippen molar-refractivity contribution in [2.24, 2.45) is 0 Å². The molecule has 1 aliphatic heterocycles. The second-order valence-corrected chi connectivity index (χ2v) is 7.94. The zero-order chi connectivity index (χ0) is 18.8. The average molecular weight is 489 g/mol. The van der Waals surface area contributed by atoms with Gasteiger partial charge in [-0.15, -0.1) is 0 Å². The van der Waals surface area contributed by atoms with Gasteiger partial charge in [-0.05, 0) is 53.9 Å². The van der Waals surface area contributed by atoms with E-state index >= 15 is 0 Å². The fraction of sp³-hybridized carbons (Fsp3) is 0.136.